The molecule has 1 N–H and O–H groups in total. The highest BCUT2D eigenvalue weighted by Gasteiger charge is 2.17. The van der Waals surface area contributed by atoms with Gasteiger partial charge in [0.2, 0.25) is 0 Å². The van der Waals surface area contributed by atoms with Gasteiger partial charge in [-0.05, 0) is 12.0 Å². The lowest BCUT2D eigenvalue weighted by Crippen LogP contribution is -2.47. The number of halogens is 1. The van der Waals surface area contributed by atoms with E-state index in [-0.39, 0.29) is 0 Å². The second kappa shape index (κ2) is 7.57. The Morgan fingerprint density at radius 1 is 1.22 bits per heavy atom. The van der Waals surface area contributed by atoms with Crippen LogP contribution in [0.15, 0.2) is 36.4 Å². The molecule has 1 heterocycles. The van der Waals surface area contributed by atoms with Gasteiger partial charge in [0.25, 0.3) is 0 Å². The molecule has 0 spiro atoms. The van der Waals surface area contributed by atoms with Gasteiger partial charge in [0.15, 0.2) is 0 Å². The van der Waals surface area contributed by atoms with Crippen molar-refractivity contribution < 1.29 is 0 Å². The highest BCUT2D eigenvalue weighted by molar-refractivity contribution is 6.17. The lowest BCUT2D eigenvalue weighted by atomic mass is 10.1. The summed E-state index contributed by atoms with van der Waals surface area (Å²) in [5.41, 5.74) is 1.26. The zero-order valence-corrected chi connectivity index (χ0v) is 11.4. The van der Waals surface area contributed by atoms with Crippen molar-refractivity contribution in [3.8, 4) is 0 Å². The third-order valence-corrected chi connectivity index (χ3v) is 3.55. The number of hydrogen-bond acceptors (Lipinski definition) is 2. The minimum absolute atomic E-state index is 0.463. The van der Waals surface area contributed by atoms with Crippen molar-refractivity contribution in [2.45, 2.75) is 12.5 Å². The Morgan fingerprint density at radius 3 is 2.61 bits per heavy atom. The number of nitrogens with zero attached hydrogens (tertiary/aromatic N) is 1. The van der Waals surface area contributed by atoms with Crippen molar-refractivity contribution in [3.05, 3.63) is 42.0 Å². The first kappa shape index (κ1) is 13.6. The summed E-state index contributed by atoms with van der Waals surface area (Å²) in [5.74, 6) is 0.716. The molecule has 1 saturated heterocycles. The van der Waals surface area contributed by atoms with Gasteiger partial charge in [0.1, 0.15) is 0 Å². The summed E-state index contributed by atoms with van der Waals surface area (Å²) in [6, 6.07) is 10.9. The number of hydrogen-bond donors (Lipinski definition) is 1. The van der Waals surface area contributed by atoms with Crippen LogP contribution in [0.4, 0.5) is 0 Å². The van der Waals surface area contributed by atoms with Gasteiger partial charge in [-0.25, -0.2) is 0 Å². The van der Waals surface area contributed by atoms with E-state index in [0.29, 0.717) is 11.9 Å². The van der Waals surface area contributed by atoms with Gasteiger partial charge in [-0.3, -0.25) is 4.90 Å². The average Bonchev–Trinajstić information content (AvgIpc) is 2.45. The normalized spacial score (nSPS) is 19.2. The van der Waals surface area contributed by atoms with E-state index in [1.807, 2.05) is 6.07 Å². The minimum Gasteiger partial charge on any atom is -0.314 e. The highest BCUT2D eigenvalue weighted by atomic mass is 35.5. The molecule has 1 unspecified atom stereocenters. The van der Waals surface area contributed by atoms with Crippen molar-refractivity contribution in [1.29, 1.82) is 0 Å². The van der Waals surface area contributed by atoms with Gasteiger partial charge in [0.05, 0.1) is 0 Å². The van der Waals surface area contributed by atoms with Crippen molar-refractivity contribution in [2.75, 3.05) is 32.1 Å². The number of nitrogens with one attached hydrogen (secondary N) is 1. The van der Waals surface area contributed by atoms with Gasteiger partial charge in [-0.1, -0.05) is 42.5 Å². The molecule has 0 aromatic heterocycles. The van der Waals surface area contributed by atoms with E-state index >= 15 is 0 Å². The predicted molar refractivity (Wildman–Crippen MR) is 79.0 cm³/mol. The molecule has 1 aromatic carbocycles. The van der Waals surface area contributed by atoms with E-state index in [9.17, 15) is 0 Å². The fourth-order valence-electron chi connectivity index (χ4n) is 2.31. The first-order valence-corrected chi connectivity index (χ1v) is 7.17. The number of benzene rings is 1. The van der Waals surface area contributed by atoms with Crippen LogP contribution in [-0.4, -0.2) is 43.0 Å². The van der Waals surface area contributed by atoms with Crippen LogP contribution in [0.3, 0.4) is 0 Å². The highest BCUT2D eigenvalue weighted by Crippen LogP contribution is 2.11. The minimum atomic E-state index is 0.463. The second-order valence-electron chi connectivity index (χ2n) is 4.60. The molecule has 1 atom stereocenters. The number of alkyl halides is 1. The second-order valence-corrected chi connectivity index (χ2v) is 4.98. The van der Waals surface area contributed by atoms with Crippen LogP contribution >= 0.6 is 11.6 Å². The Hall–Kier alpha value is -0.830. The predicted octanol–water partition coefficient (Wildman–Crippen LogP) is 2.60. The molecular formula is C15H21ClN2. The molecule has 2 nitrogen and oxygen atoms in total. The van der Waals surface area contributed by atoms with Crippen LogP contribution in [0.5, 0.6) is 0 Å². The molecule has 3 heteroatoms. The molecule has 0 aliphatic carbocycles. The van der Waals surface area contributed by atoms with E-state index in [2.05, 4.69) is 46.6 Å². The van der Waals surface area contributed by atoms with Crippen molar-refractivity contribution in [2.24, 2.45) is 0 Å². The monoisotopic (exact) mass is 264 g/mol. The number of piperazine rings is 1. The van der Waals surface area contributed by atoms with E-state index in [0.717, 1.165) is 32.6 Å². The third-order valence-electron chi connectivity index (χ3n) is 3.34. The third kappa shape index (κ3) is 4.13. The summed E-state index contributed by atoms with van der Waals surface area (Å²) >= 11 is 5.92. The first-order valence-electron chi connectivity index (χ1n) is 6.64. The fraction of sp³-hybridized carbons (Fsp3) is 0.467. The fourth-order valence-corrected chi connectivity index (χ4v) is 2.54. The summed E-state index contributed by atoms with van der Waals surface area (Å²) in [6.07, 6.45) is 5.52. The zero-order valence-electron chi connectivity index (χ0n) is 10.7. The van der Waals surface area contributed by atoms with Crippen molar-refractivity contribution in [1.82, 2.24) is 10.2 Å². The Balaban J connectivity index is 1.98. The molecule has 2 rings (SSSR count). The lowest BCUT2D eigenvalue weighted by Gasteiger charge is -2.33. The van der Waals surface area contributed by atoms with Gasteiger partial charge in [0, 0.05) is 38.1 Å². The lowest BCUT2D eigenvalue weighted by molar-refractivity contribution is 0.199. The maximum atomic E-state index is 5.92. The maximum Gasteiger partial charge on any atom is 0.0293 e. The molecule has 98 valence electrons. The summed E-state index contributed by atoms with van der Waals surface area (Å²) < 4.78 is 0. The topological polar surface area (TPSA) is 15.3 Å². The summed E-state index contributed by atoms with van der Waals surface area (Å²) in [7, 11) is 0. The Morgan fingerprint density at radius 2 is 1.94 bits per heavy atom. The van der Waals surface area contributed by atoms with Crippen LogP contribution < -0.4 is 5.32 Å². The molecule has 0 bridgehead atoms. The molecule has 0 amide bonds. The summed E-state index contributed by atoms with van der Waals surface area (Å²) in [5, 5.41) is 3.39. The Labute approximate surface area is 115 Å². The van der Waals surface area contributed by atoms with Gasteiger partial charge in [-0.2, -0.15) is 0 Å². The van der Waals surface area contributed by atoms with E-state index in [1.54, 1.807) is 0 Å². The van der Waals surface area contributed by atoms with Crippen LogP contribution in [-0.2, 0) is 0 Å². The maximum absolute atomic E-state index is 5.92. The molecule has 0 saturated carbocycles. The average molecular weight is 265 g/mol. The summed E-state index contributed by atoms with van der Waals surface area (Å²) in [6.45, 7) is 4.39. The Bertz CT molecular complexity index is 358. The molecular weight excluding hydrogens is 244 g/mol. The van der Waals surface area contributed by atoms with Crippen molar-refractivity contribution >= 4 is 17.7 Å². The zero-order chi connectivity index (χ0) is 12.6. The van der Waals surface area contributed by atoms with Crippen LogP contribution in [0.25, 0.3) is 6.08 Å². The number of rotatable bonds is 5. The molecule has 1 aromatic rings. The largest absolute Gasteiger partial charge is 0.314 e. The SMILES string of the molecule is ClCCC(C=Cc1ccccc1)N1CCNCC1. The van der Waals surface area contributed by atoms with Crippen LogP contribution in [0, 0.1) is 0 Å². The Kier molecular flexibility index (Phi) is 5.72. The molecule has 0 radical (unpaired) electrons. The van der Waals surface area contributed by atoms with Gasteiger partial charge in [-0.15, -0.1) is 11.6 Å². The molecule has 1 aliphatic heterocycles. The summed E-state index contributed by atoms with van der Waals surface area (Å²) in [4.78, 5) is 2.51. The van der Waals surface area contributed by atoms with Crippen LogP contribution in [0.2, 0.25) is 0 Å². The van der Waals surface area contributed by atoms with Gasteiger partial charge < -0.3 is 5.32 Å². The van der Waals surface area contributed by atoms with Crippen molar-refractivity contribution in [3.63, 3.8) is 0 Å². The van der Waals surface area contributed by atoms with Gasteiger partial charge >= 0.3 is 0 Å². The molecule has 18 heavy (non-hydrogen) atoms. The smallest absolute Gasteiger partial charge is 0.0293 e. The standard InChI is InChI=1S/C15H21ClN2/c16-9-8-15(18-12-10-17-11-13-18)7-6-14-4-2-1-3-5-14/h1-7,15,17H,8-13H2. The molecule has 1 aliphatic rings. The van der Waals surface area contributed by atoms with E-state index in [1.165, 1.54) is 5.56 Å². The molecule has 1 fully saturated rings. The van der Waals surface area contributed by atoms with E-state index < -0.39 is 0 Å². The van der Waals surface area contributed by atoms with E-state index in [4.69, 9.17) is 11.6 Å². The first-order chi connectivity index (χ1) is 8.90. The quantitative estimate of drug-likeness (QED) is 0.823. The van der Waals surface area contributed by atoms with Crippen LogP contribution in [0.1, 0.15) is 12.0 Å².